The summed E-state index contributed by atoms with van der Waals surface area (Å²) in [5.74, 6) is 0.147. The quantitative estimate of drug-likeness (QED) is 0.679. The fourth-order valence-electron chi connectivity index (χ4n) is 2.14. The van der Waals surface area contributed by atoms with Gasteiger partial charge in [-0.1, -0.05) is 12.1 Å². The van der Waals surface area contributed by atoms with Crippen molar-refractivity contribution in [2.45, 2.75) is 25.3 Å². The molecular formula is C14H13ClN2O2S. The lowest BCUT2D eigenvalue weighted by atomic mass is 10.3. The van der Waals surface area contributed by atoms with Crippen molar-refractivity contribution < 1.29 is 4.42 Å². The highest BCUT2D eigenvalue weighted by Gasteiger charge is 2.08. The van der Waals surface area contributed by atoms with Gasteiger partial charge in [0.2, 0.25) is 0 Å². The van der Waals surface area contributed by atoms with Crippen LogP contribution in [-0.4, -0.2) is 9.55 Å². The van der Waals surface area contributed by atoms with Crippen LogP contribution in [0.25, 0.3) is 11.1 Å². The summed E-state index contributed by atoms with van der Waals surface area (Å²) >= 11 is 7.34. The van der Waals surface area contributed by atoms with Crippen molar-refractivity contribution in [3.05, 3.63) is 50.9 Å². The van der Waals surface area contributed by atoms with E-state index in [1.54, 1.807) is 22.0 Å². The number of aromatic nitrogens is 2. The molecule has 0 radical (unpaired) electrons. The second-order valence-electron chi connectivity index (χ2n) is 4.46. The van der Waals surface area contributed by atoms with Gasteiger partial charge in [-0.15, -0.1) is 22.9 Å². The third-order valence-electron chi connectivity index (χ3n) is 3.08. The first-order valence-electron chi connectivity index (χ1n) is 6.35. The van der Waals surface area contributed by atoms with Gasteiger partial charge < -0.3 is 4.42 Å². The average Bonchev–Trinajstić information content (AvgIpc) is 3.04. The van der Waals surface area contributed by atoms with E-state index in [0.29, 0.717) is 18.0 Å². The molecule has 3 aromatic rings. The smallest absolute Gasteiger partial charge is 0.408 e. The Balaban J connectivity index is 1.71. The monoisotopic (exact) mass is 308 g/mol. The van der Waals surface area contributed by atoms with Gasteiger partial charge in [-0.05, 0) is 18.6 Å². The topological polar surface area (TPSA) is 48.0 Å². The van der Waals surface area contributed by atoms with E-state index in [4.69, 9.17) is 16.0 Å². The van der Waals surface area contributed by atoms with Crippen LogP contribution in [0, 0.1) is 0 Å². The SMILES string of the molecule is O=c1oc2ccccc2n1CCCc1nc(CCl)cs1. The molecule has 0 unspecified atom stereocenters. The first-order chi connectivity index (χ1) is 9.78. The lowest BCUT2D eigenvalue weighted by Crippen LogP contribution is -2.14. The van der Waals surface area contributed by atoms with E-state index >= 15 is 0 Å². The Morgan fingerprint density at radius 2 is 2.20 bits per heavy atom. The maximum absolute atomic E-state index is 11.8. The second kappa shape index (κ2) is 5.81. The van der Waals surface area contributed by atoms with Crippen LogP contribution in [0.1, 0.15) is 17.1 Å². The number of hydrogen-bond donors (Lipinski definition) is 0. The molecule has 0 spiro atoms. The van der Waals surface area contributed by atoms with E-state index in [9.17, 15) is 4.79 Å². The molecule has 0 amide bonds. The predicted octanol–water partition coefficient (Wildman–Crippen LogP) is 3.42. The van der Waals surface area contributed by atoms with Crippen LogP contribution >= 0.6 is 22.9 Å². The molecule has 0 N–H and O–H groups in total. The molecular weight excluding hydrogens is 296 g/mol. The van der Waals surface area contributed by atoms with Gasteiger partial charge in [-0.3, -0.25) is 4.57 Å². The molecule has 0 aliphatic heterocycles. The highest BCUT2D eigenvalue weighted by molar-refractivity contribution is 7.09. The number of alkyl halides is 1. The van der Waals surface area contributed by atoms with Crippen molar-refractivity contribution in [1.82, 2.24) is 9.55 Å². The normalized spacial score (nSPS) is 11.2. The Hall–Kier alpha value is -1.59. The predicted molar refractivity (Wildman–Crippen MR) is 80.5 cm³/mol. The third kappa shape index (κ3) is 2.64. The van der Waals surface area contributed by atoms with Crippen molar-refractivity contribution in [3.63, 3.8) is 0 Å². The summed E-state index contributed by atoms with van der Waals surface area (Å²) < 4.78 is 6.87. The van der Waals surface area contributed by atoms with Gasteiger partial charge in [0.05, 0.1) is 22.1 Å². The number of halogens is 1. The van der Waals surface area contributed by atoms with Crippen LogP contribution in [-0.2, 0) is 18.8 Å². The average molecular weight is 309 g/mol. The molecule has 0 bridgehead atoms. The van der Waals surface area contributed by atoms with Gasteiger partial charge in [0.15, 0.2) is 5.58 Å². The molecule has 20 heavy (non-hydrogen) atoms. The number of fused-ring (bicyclic) bond motifs is 1. The fraction of sp³-hybridized carbons (Fsp3) is 0.286. The first kappa shape index (κ1) is 13.4. The lowest BCUT2D eigenvalue weighted by Gasteiger charge is -2.00. The number of para-hydroxylation sites is 2. The van der Waals surface area contributed by atoms with Gasteiger partial charge in [-0.25, -0.2) is 9.78 Å². The zero-order valence-corrected chi connectivity index (χ0v) is 12.3. The van der Waals surface area contributed by atoms with Crippen molar-refractivity contribution in [1.29, 1.82) is 0 Å². The Labute approximate surface area is 124 Å². The minimum atomic E-state index is -0.299. The summed E-state index contributed by atoms with van der Waals surface area (Å²) in [5, 5.41) is 3.03. The molecule has 0 aliphatic carbocycles. The number of benzene rings is 1. The minimum Gasteiger partial charge on any atom is -0.408 e. The van der Waals surface area contributed by atoms with Crippen molar-refractivity contribution in [2.75, 3.05) is 0 Å². The standard InChI is InChI=1S/C14H13ClN2O2S/c15-8-10-9-20-13(16-10)6-3-7-17-11-4-1-2-5-12(11)19-14(17)18/h1-2,4-5,9H,3,6-8H2. The van der Waals surface area contributed by atoms with Crippen LogP contribution in [0.2, 0.25) is 0 Å². The Morgan fingerprint density at radius 3 is 3.00 bits per heavy atom. The summed E-state index contributed by atoms with van der Waals surface area (Å²) in [5.41, 5.74) is 2.40. The molecule has 0 saturated heterocycles. The summed E-state index contributed by atoms with van der Waals surface area (Å²) in [6.45, 7) is 0.631. The molecule has 1 aromatic carbocycles. The van der Waals surface area contributed by atoms with E-state index < -0.39 is 0 Å². The van der Waals surface area contributed by atoms with E-state index in [1.807, 2.05) is 23.6 Å². The number of thiazole rings is 1. The van der Waals surface area contributed by atoms with E-state index in [2.05, 4.69) is 4.98 Å². The Bertz CT molecular complexity index is 775. The Morgan fingerprint density at radius 1 is 1.35 bits per heavy atom. The summed E-state index contributed by atoms with van der Waals surface area (Å²) in [6.07, 6.45) is 1.69. The largest absolute Gasteiger partial charge is 0.419 e. The molecule has 0 saturated carbocycles. The van der Waals surface area contributed by atoms with E-state index in [-0.39, 0.29) is 5.76 Å². The highest BCUT2D eigenvalue weighted by atomic mass is 35.5. The number of aryl methyl sites for hydroxylation is 2. The van der Waals surface area contributed by atoms with Crippen molar-refractivity contribution in [3.8, 4) is 0 Å². The Kier molecular flexibility index (Phi) is 3.89. The molecule has 2 aromatic heterocycles. The molecule has 0 fully saturated rings. The zero-order chi connectivity index (χ0) is 13.9. The maximum atomic E-state index is 11.8. The van der Waals surface area contributed by atoms with Crippen LogP contribution in [0.3, 0.4) is 0 Å². The molecule has 0 atom stereocenters. The molecule has 3 rings (SSSR count). The van der Waals surface area contributed by atoms with Gasteiger partial charge >= 0.3 is 5.76 Å². The number of rotatable bonds is 5. The minimum absolute atomic E-state index is 0.299. The lowest BCUT2D eigenvalue weighted by molar-refractivity contribution is 0.497. The summed E-state index contributed by atoms with van der Waals surface area (Å²) in [7, 11) is 0. The van der Waals surface area contributed by atoms with Crippen molar-refractivity contribution in [2.24, 2.45) is 0 Å². The summed E-state index contributed by atoms with van der Waals surface area (Å²) in [4.78, 5) is 16.2. The summed E-state index contributed by atoms with van der Waals surface area (Å²) in [6, 6.07) is 7.47. The van der Waals surface area contributed by atoms with Gasteiger partial charge in [0, 0.05) is 18.3 Å². The zero-order valence-electron chi connectivity index (χ0n) is 10.7. The fourth-order valence-corrected chi connectivity index (χ4v) is 3.21. The molecule has 104 valence electrons. The van der Waals surface area contributed by atoms with Gasteiger partial charge in [-0.2, -0.15) is 0 Å². The van der Waals surface area contributed by atoms with E-state index in [0.717, 1.165) is 29.1 Å². The number of hydrogen-bond acceptors (Lipinski definition) is 4. The first-order valence-corrected chi connectivity index (χ1v) is 7.77. The van der Waals surface area contributed by atoms with Crippen LogP contribution < -0.4 is 5.76 Å². The molecule has 0 aliphatic rings. The van der Waals surface area contributed by atoms with Crippen molar-refractivity contribution >= 4 is 34.0 Å². The van der Waals surface area contributed by atoms with Gasteiger partial charge in [0.25, 0.3) is 0 Å². The number of oxazole rings is 1. The highest BCUT2D eigenvalue weighted by Crippen LogP contribution is 2.15. The molecule has 6 heteroatoms. The molecule has 4 nitrogen and oxygen atoms in total. The van der Waals surface area contributed by atoms with E-state index in [1.165, 1.54) is 0 Å². The van der Waals surface area contributed by atoms with Crippen LogP contribution in [0.5, 0.6) is 0 Å². The maximum Gasteiger partial charge on any atom is 0.419 e. The van der Waals surface area contributed by atoms with Crippen LogP contribution in [0.15, 0.2) is 38.9 Å². The number of nitrogens with zero attached hydrogens (tertiary/aromatic N) is 2. The molecule has 2 heterocycles. The van der Waals surface area contributed by atoms with Crippen LogP contribution in [0.4, 0.5) is 0 Å². The second-order valence-corrected chi connectivity index (χ2v) is 5.67. The van der Waals surface area contributed by atoms with Gasteiger partial charge in [0.1, 0.15) is 0 Å². The third-order valence-corrected chi connectivity index (χ3v) is 4.31.